The third-order valence-electron chi connectivity index (χ3n) is 2.99. The largest absolute Gasteiger partial charge is 0.370 e. The number of nitrogens with one attached hydrogen (secondary N) is 1. The minimum atomic E-state index is -0.357. The first-order chi connectivity index (χ1) is 9.51. The molecule has 0 aliphatic rings. The van der Waals surface area contributed by atoms with Crippen LogP contribution < -0.4 is 16.0 Å². The second-order valence-electron chi connectivity index (χ2n) is 4.99. The van der Waals surface area contributed by atoms with Crippen molar-refractivity contribution in [2.24, 2.45) is 5.73 Å². The topological polar surface area (TPSA) is 84.1 Å². The van der Waals surface area contributed by atoms with Crippen LogP contribution in [0.15, 0.2) is 6.33 Å². The summed E-state index contributed by atoms with van der Waals surface area (Å²) in [6.45, 7) is 9.14. The van der Waals surface area contributed by atoms with Crippen molar-refractivity contribution in [2.45, 2.75) is 46.6 Å². The normalized spacial score (nSPS) is 10.7. The van der Waals surface area contributed by atoms with Gasteiger partial charge >= 0.3 is 0 Å². The average Bonchev–Trinajstić information content (AvgIpc) is 2.38. The van der Waals surface area contributed by atoms with Crippen LogP contribution in [0.4, 0.5) is 11.6 Å². The molecule has 0 bridgehead atoms. The second kappa shape index (κ2) is 7.67. The fraction of sp³-hybridized carbons (Fsp3) is 0.643. The van der Waals surface area contributed by atoms with Crippen LogP contribution in [0, 0.1) is 0 Å². The van der Waals surface area contributed by atoms with Gasteiger partial charge in [-0.1, -0.05) is 13.3 Å². The lowest BCUT2D eigenvalue weighted by Gasteiger charge is -2.29. The molecule has 1 aromatic heterocycles. The molecule has 0 saturated heterocycles. The summed E-state index contributed by atoms with van der Waals surface area (Å²) in [6.07, 6.45) is 3.38. The summed E-state index contributed by atoms with van der Waals surface area (Å²) < 4.78 is 0. The zero-order valence-corrected chi connectivity index (χ0v) is 12.8. The first-order valence-electron chi connectivity index (χ1n) is 7.13. The van der Waals surface area contributed by atoms with E-state index in [0.29, 0.717) is 0 Å². The van der Waals surface area contributed by atoms with E-state index in [1.807, 2.05) is 25.7 Å². The molecule has 0 radical (unpaired) electrons. The van der Waals surface area contributed by atoms with Crippen molar-refractivity contribution in [3.63, 3.8) is 0 Å². The van der Waals surface area contributed by atoms with E-state index in [1.54, 1.807) is 0 Å². The van der Waals surface area contributed by atoms with Gasteiger partial charge in [-0.3, -0.25) is 4.79 Å². The molecule has 6 nitrogen and oxygen atoms in total. The van der Waals surface area contributed by atoms with Gasteiger partial charge in [0, 0.05) is 18.2 Å². The Morgan fingerprint density at radius 1 is 1.40 bits per heavy atom. The standard InChI is InChI=1S/C14H25N5O/c1-5-7-11-13(16-6-2)17-9-18-14(11)19(10(3)4)8-12(15)20/h9-10H,5-8H2,1-4H3,(H2,15,20)(H,16,17,18). The van der Waals surface area contributed by atoms with Crippen molar-refractivity contribution in [2.75, 3.05) is 23.3 Å². The van der Waals surface area contributed by atoms with Crippen molar-refractivity contribution in [1.82, 2.24) is 9.97 Å². The van der Waals surface area contributed by atoms with E-state index in [1.165, 1.54) is 6.33 Å². The molecule has 20 heavy (non-hydrogen) atoms. The lowest BCUT2D eigenvalue weighted by Crippen LogP contribution is -2.39. The maximum Gasteiger partial charge on any atom is 0.237 e. The van der Waals surface area contributed by atoms with Crippen LogP contribution in [0.5, 0.6) is 0 Å². The molecule has 1 aromatic rings. The summed E-state index contributed by atoms with van der Waals surface area (Å²) in [4.78, 5) is 21.9. The Morgan fingerprint density at radius 3 is 2.60 bits per heavy atom. The quantitative estimate of drug-likeness (QED) is 0.754. The maximum absolute atomic E-state index is 11.3. The van der Waals surface area contributed by atoms with Gasteiger partial charge in [0.15, 0.2) is 0 Å². The molecule has 0 atom stereocenters. The number of aromatic nitrogens is 2. The summed E-state index contributed by atoms with van der Waals surface area (Å²) in [5.41, 5.74) is 6.40. The van der Waals surface area contributed by atoms with E-state index in [2.05, 4.69) is 22.2 Å². The van der Waals surface area contributed by atoms with Gasteiger partial charge in [-0.15, -0.1) is 0 Å². The molecular formula is C14H25N5O. The Hall–Kier alpha value is -1.85. The number of hydrogen-bond acceptors (Lipinski definition) is 5. The van der Waals surface area contributed by atoms with Crippen LogP contribution in [0.1, 0.15) is 39.7 Å². The molecule has 0 aromatic carbocycles. The van der Waals surface area contributed by atoms with Crippen LogP contribution in [0.3, 0.4) is 0 Å². The van der Waals surface area contributed by atoms with Crippen molar-refractivity contribution in [3.05, 3.63) is 11.9 Å². The summed E-state index contributed by atoms with van der Waals surface area (Å²) in [5, 5.41) is 3.25. The summed E-state index contributed by atoms with van der Waals surface area (Å²) >= 11 is 0. The first kappa shape index (κ1) is 16.2. The Morgan fingerprint density at radius 2 is 2.10 bits per heavy atom. The summed E-state index contributed by atoms with van der Waals surface area (Å²) in [6, 6.07) is 0.141. The number of carbonyl (C=O) groups is 1. The fourth-order valence-electron chi connectivity index (χ4n) is 2.12. The molecule has 6 heteroatoms. The van der Waals surface area contributed by atoms with Gasteiger partial charge in [0.1, 0.15) is 18.0 Å². The van der Waals surface area contributed by atoms with Gasteiger partial charge in [-0.25, -0.2) is 9.97 Å². The average molecular weight is 279 g/mol. The highest BCUT2D eigenvalue weighted by molar-refractivity contribution is 5.80. The van der Waals surface area contributed by atoms with Gasteiger partial charge in [0.2, 0.25) is 5.91 Å². The van der Waals surface area contributed by atoms with Gasteiger partial charge in [0.05, 0.1) is 6.54 Å². The first-order valence-corrected chi connectivity index (χ1v) is 7.13. The van der Waals surface area contributed by atoms with E-state index in [9.17, 15) is 4.79 Å². The van der Waals surface area contributed by atoms with Crippen molar-refractivity contribution in [3.8, 4) is 0 Å². The predicted molar refractivity (Wildman–Crippen MR) is 81.9 cm³/mol. The van der Waals surface area contributed by atoms with E-state index >= 15 is 0 Å². The Labute approximate surface area is 120 Å². The molecule has 1 rings (SSSR count). The van der Waals surface area contributed by atoms with E-state index in [0.717, 1.165) is 36.6 Å². The Bertz CT molecular complexity index is 447. The molecule has 0 aliphatic carbocycles. The second-order valence-corrected chi connectivity index (χ2v) is 4.99. The SMILES string of the molecule is CCCc1c(NCC)ncnc1N(CC(N)=O)C(C)C. The molecule has 3 N–H and O–H groups in total. The molecule has 0 aliphatic heterocycles. The highest BCUT2D eigenvalue weighted by Crippen LogP contribution is 2.26. The van der Waals surface area contributed by atoms with Crippen LogP contribution in [0.25, 0.3) is 0 Å². The molecular weight excluding hydrogens is 254 g/mol. The van der Waals surface area contributed by atoms with Crippen LogP contribution in [-0.4, -0.2) is 35.0 Å². The minimum absolute atomic E-state index is 0.141. The maximum atomic E-state index is 11.3. The molecule has 0 saturated carbocycles. The van der Waals surface area contributed by atoms with Gasteiger partial charge in [-0.05, 0) is 27.2 Å². The predicted octanol–water partition coefficient (Wildman–Crippen LogP) is 1.56. The third kappa shape index (κ3) is 4.08. The Balaban J connectivity index is 3.24. The van der Waals surface area contributed by atoms with Crippen LogP contribution in [-0.2, 0) is 11.2 Å². The molecule has 0 unspecified atom stereocenters. The molecule has 0 fully saturated rings. The smallest absolute Gasteiger partial charge is 0.237 e. The van der Waals surface area contributed by atoms with Crippen molar-refractivity contribution >= 4 is 17.5 Å². The lowest BCUT2D eigenvalue weighted by atomic mass is 10.1. The van der Waals surface area contributed by atoms with Crippen molar-refractivity contribution < 1.29 is 4.79 Å². The summed E-state index contributed by atoms with van der Waals surface area (Å²) in [5.74, 6) is 1.28. The number of carbonyl (C=O) groups excluding carboxylic acids is 1. The molecule has 1 heterocycles. The Kier molecular flexibility index (Phi) is 6.21. The monoisotopic (exact) mass is 279 g/mol. The van der Waals surface area contributed by atoms with E-state index < -0.39 is 0 Å². The van der Waals surface area contributed by atoms with Gasteiger partial charge < -0.3 is 16.0 Å². The number of amides is 1. The van der Waals surface area contributed by atoms with E-state index in [4.69, 9.17) is 5.73 Å². The third-order valence-corrected chi connectivity index (χ3v) is 2.99. The zero-order valence-electron chi connectivity index (χ0n) is 12.8. The lowest BCUT2D eigenvalue weighted by molar-refractivity contribution is -0.116. The molecule has 0 spiro atoms. The zero-order chi connectivity index (χ0) is 15.1. The molecule has 112 valence electrons. The van der Waals surface area contributed by atoms with Gasteiger partial charge in [-0.2, -0.15) is 0 Å². The van der Waals surface area contributed by atoms with Gasteiger partial charge in [0.25, 0.3) is 0 Å². The highest BCUT2D eigenvalue weighted by atomic mass is 16.1. The van der Waals surface area contributed by atoms with Crippen molar-refractivity contribution in [1.29, 1.82) is 0 Å². The molecule has 1 amide bonds. The van der Waals surface area contributed by atoms with Crippen LogP contribution in [0.2, 0.25) is 0 Å². The summed E-state index contributed by atoms with van der Waals surface area (Å²) in [7, 11) is 0. The highest BCUT2D eigenvalue weighted by Gasteiger charge is 2.20. The number of hydrogen-bond donors (Lipinski definition) is 2. The fourth-order valence-corrected chi connectivity index (χ4v) is 2.12. The van der Waals surface area contributed by atoms with E-state index in [-0.39, 0.29) is 18.5 Å². The number of anilines is 2. The number of nitrogens with zero attached hydrogens (tertiary/aromatic N) is 3. The number of rotatable bonds is 8. The number of primary amides is 1. The minimum Gasteiger partial charge on any atom is -0.370 e. The van der Waals surface area contributed by atoms with Crippen LogP contribution >= 0.6 is 0 Å². The number of nitrogens with two attached hydrogens (primary N) is 1.